The number of hydrogen-bond donors (Lipinski definition) is 1. The molecule has 0 aliphatic carbocycles. The van der Waals surface area contributed by atoms with Gasteiger partial charge in [-0.2, -0.15) is 5.26 Å². The third-order valence-corrected chi connectivity index (χ3v) is 4.11. The second-order valence-corrected chi connectivity index (χ2v) is 5.41. The Hall–Kier alpha value is -2.28. The maximum Gasteiger partial charge on any atom is 0.179 e. The smallest absolute Gasteiger partial charge is 0.179 e. The lowest BCUT2D eigenvalue weighted by molar-refractivity contribution is 0.432. The molecule has 1 aromatic carbocycles. The third-order valence-electron chi connectivity index (χ3n) is 4.11. The minimum Gasteiger partial charge on any atom is -0.367 e. The van der Waals surface area contributed by atoms with E-state index in [2.05, 4.69) is 35.6 Å². The van der Waals surface area contributed by atoms with Crippen molar-refractivity contribution in [1.29, 1.82) is 5.26 Å². The van der Waals surface area contributed by atoms with Crippen molar-refractivity contribution in [2.24, 2.45) is 5.92 Å². The van der Waals surface area contributed by atoms with Gasteiger partial charge in [0, 0.05) is 30.7 Å². The lowest BCUT2D eigenvalue weighted by Gasteiger charge is -2.21. The van der Waals surface area contributed by atoms with E-state index in [-0.39, 0.29) is 0 Å². The van der Waals surface area contributed by atoms with Crippen LogP contribution in [0.1, 0.15) is 13.3 Å². The van der Waals surface area contributed by atoms with Crippen LogP contribution >= 0.6 is 0 Å². The predicted octanol–water partition coefficient (Wildman–Crippen LogP) is 2.84. The molecular formula is C16H18N4. The van der Waals surface area contributed by atoms with Crippen molar-refractivity contribution in [3.05, 3.63) is 36.5 Å². The van der Waals surface area contributed by atoms with Crippen LogP contribution in [-0.4, -0.2) is 29.0 Å². The summed E-state index contributed by atoms with van der Waals surface area (Å²) in [6.45, 7) is 3.89. The Balaban J connectivity index is 1.78. The quantitative estimate of drug-likeness (QED) is 0.868. The summed E-state index contributed by atoms with van der Waals surface area (Å²) in [5.41, 5.74) is 0. The highest BCUT2D eigenvalue weighted by atomic mass is 15.1. The van der Waals surface area contributed by atoms with Crippen molar-refractivity contribution in [1.82, 2.24) is 9.88 Å². The highest BCUT2D eigenvalue weighted by Gasteiger charge is 2.26. The number of fused-ring (bicyclic) bond motifs is 1. The topological polar surface area (TPSA) is 52.0 Å². The third kappa shape index (κ3) is 2.39. The molecule has 1 aliphatic rings. The van der Waals surface area contributed by atoms with Gasteiger partial charge in [0.05, 0.1) is 0 Å². The number of rotatable bonds is 3. The molecule has 1 aliphatic heterocycles. The fourth-order valence-electron chi connectivity index (χ4n) is 2.85. The van der Waals surface area contributed by atoms with Gasteiger partial charge >= 0.3 is 0 Å². The van der Waals surface area contributed by atoms with E-state index in [1.165, 1.54) is 5.39 Å². The molecule has 3 rings (SSSR count). The number of nitrogens with one attached hydrogen (secondary N) is 1. The van der Waals surface area contributed by atoms with Crippen LogP contribution in [0.25, 0.3) is 10.8 Å². The summed E-state index contributed by atoms with van der Waals surface area (Å²) in [5.74, 6) is 1.43. The van der Waals surface area contributed by atoms with E-state index < -0.39 is 0 Å². The minimum absolute atomic E-state index is 0.312. The second kappa shape index (κ2) is 5.38. The molecule has 0 amide bonds. The van der Waals surface area contributed by atoms with Crippen LogP contribution < -0.4 is 5.32 Å². The van der Waals surface area contributed by atoms with Gasteiger partial charge in [0.1, 0.15) is 5.82 Å². The van der Waals surface area contributed by atoms with E-state index in [1.54, 1.807) is 0 Å². The fourth-order valence-corrected chi connectivity index (χ4v) is 2.85. The molecule has 4 heteroatoms. The first-order valence-electron chi connectivity index (χ1n) is 7.03. The van der Waals surface area contributed by atoms with E-state index in [0.717, 1.165) is 30.7 Å². The van der Waals surface area contributed by atoms with Crippen LogP contribution in [0.15, 0.2) is 36.5 Å². The molecule has 0 spiro atoms. The molecule has 2 heterocycles. The molecule has 102 valence electrons. The van der Waals surface area contributed by atoms with Gasteiger partial charge in [0.25, 0.3) is 0 Å². The summed E-state index contributed by atoms with van der Waals surface area (Å²) in [6.07, 6.45) is 5.14. The highest BCUT2D eigenvalue weighted by Crippen LogP contribution is 2.25. The van der Waals surface area contributed by atoms with Crippen LogP contribution in [-0.2, 0) is 0 Å². The van der Waals surface area contributed by atoms with Gasteiger partial charge in [0.2, 0.25) is 0 Å². The summed E-state index contributed by atoms with van der Waals surface area (Å²) in [6, 6.07) is 10.6. The number of pyridine rings is 1. The van der Waals surface area contributed by atoms with Crippen molar-refractivity contribution in [2.45, 2.75) is 19.4 Å². The average molecular weight is 266 g/mol. The molecule has 0 bridgehead atoms. The average Bonchev–Trinajstić information content (AvgIpc) is 2.97. The molecule has 20 heavy (non-hydrogen) atoms. The summed E-state index contributed by atoms with van der Waals surface area (Å²) < 4.78 is 0. The molecule has 0 radical (unpaired) electrons. The Bertz CT molecular complexity index is 641. The first-order valence-corrected chi connectivity index (χ1v) is 7.03. The van der Waals surface area contributed by atoms with E-state index in [0.29, 0.717) is 12.0 Å². The normalized spacial score (nSPS) is 19.8. The Morgan fingerprint density at radius 3 is 3.05 bits per heavy atom. The van der Waals surface area contributed by atoms with Gasteiger partial charge in [-0.05, 0) is 30.7 Å². The SMILES string of the molecule is CC(Nc1nccc2ccccc12)C1CCN(C#N)C1. The number of nitriles is 1. The van der Waals surface area contributed by atoms with Gasteiger partial charge < -0.3 is 10.2 Å². The van der Waals surface area contributed by atoms with Crippen molar-refractivity contribution in [3.8, 4) is 6.19 Å². The van der Waals surface area contributed by atoms with Crippen LogP contribution in [0.4, 0.5) is 5.82 Å². The number of aromatic nitrogens is 1. The predicted molar refractivity (Wildman–Crippen MR) is 80.1 cm³/mol. The largest absolute Gasteiger partial charge is 0.367 e. The Labute approximate surface area is 119 Å². The van der Waals surface area contributed by atoms with Crippen molar-refractivity contribution in [2.75, 3.05) is 18.4 Å². The monoisotopic (exact) mass is 266 g/mol. The number of anilines is 1. The van der Waals surface area contributed by atoms with Crippen LogP contribution in [0.2, 0.25) is 0 Å². The maximum atomic E-state index is 8.94. The molecule has 1 aromatic heterocycles. The lowest BCUT2D eigenvalue weighted by atomic mass is 10.0. The maximum absolute atomic E-state index is 8.94. The number of nitrogens with zero attached hydrogens (tertiary/aromatic N) is 3. The fraction of sp³-hybridized carbons (Fsp3) is 0.375. The van der Waals surface area contributed by atoms with Crippen LogP contribution in [0.5, 0.6) is 0 Å². The first-order chi connectivity index (χ1) is 9.78. The summed E-state index contributed by atoms with van der Waals surface area (Å²) in [5, 5.41) is 14.8. The molecule has 2 atom stereocenters. The van der Waals surface area contributed by atoms with Gasteiger partial charge in [-0.25, -0.2) is 4.98 Å². The molecule has 0 saturated carbocycles. The zero-order valence-electron chi connectivity index (χ0n) is 11.6. The van der Waals surface area contributed by atoms with Crippen molar-refractivity contribution < 1.29 is 0 Å². The van der Waals surface area contributed by atoms with E-state index >= 15 is 0 Å². The minimum atomic E-state index is 0.312. The van der Waals surface area contributed by atoms with Crippen LogP contribution in [0.3, 0.4) is 0 Å². The van der Waals surface area contributed by atoms with E-state index in [9.17, 15) is 0 Å². The van der Waals surface area contributed by atoms with Gasteiger partial charge in [-0.1, -0.05) is 24.3 Å². The summed E-state index contributed by atoms with van der Waals surface area (Å²) in [4.78, 5) is 6.30. The Morgan fingerprint density at radius 2 is 2.25 bits per heavy atom. The molecule has 1 saturated heterocycles. The molecule has 4 nitrogen and oxygen atoms in total. The lowest BCUT2D eigenvalue weighted by Crippen LogP contribution is -2.28. The molecular weight excluding hydrogens is 248 g/mol. The second-order valence-electron chi connectivity index (χ2n) is 5.41. The first kappa shape index (κ1) is 12.7. The Kier molecular flexibility index (Phi) is 3.42. The molecule has 2 aromatic rings. The number of hydrogen-bond acceptors (Lipinski definition) is 4. The van der Waals surface area contributed by atoms with Crippen LogP contribution in [0, 0.1) is 17.4 Å². The highest BCUT2D eigenvalue weighted by molar-refractivity contribution is 5.91. The van der Waals surface area contributed by atoms with Crippen molar-refractivity contribution >= 4 is 16.6 Å². The summed E-state index contributed by atoms with van der Waals surface area (Å²) in [7, 11) is 0. The summed E-state index contributed by atoms with van der Waals surface area (Å²) >= 11 is 0. The molecule has 1 N–H and O–H groups in total. The van der Waals surface area contributed by atoms with E-state index in [1.807, 2.05) is 29.3 Å². The zero-order chi connectivity index (χ0) is 13.9. The standard InChI is InChI=1S/C16H18N4/c1-12(14-7-9-20(10-14)11-17)19-16-15-5-3-2-4-13(15)6-8-18-16/h2-6,8,12,14H,7,9-10H2,1H3,(H,18,19). The number of likely N-dealkylation sites (tertiary alicyclic amines) is 1. The van der Waals surface area contributed by atoms with Gasteiger partial charge in [-0.15, -0.1) is 0 Å². The number of benzene rings is 1. The zero-order valence-corrected chi connectivity index (χ0v) is 11.6. The van der Waals surface area contributed by atoms with E-state index in [4.69, 9.17) is 5.26 Å². The molecule has 2 unspecified atom stereocenters. The van der Waals surface area contributed by atoms with Gasteiger partial charge in [0.15, 0.2) is 6.19 Å². The molecule has 1 fully saturated rings. The van der Waals surface area contributed by atoms with Gasteiger partial charge in [-0.3, -0.25) is 0 Å². The van der Waals surface area contributed by atoms with Crippen molar-refractivity contribution in [3.63, 3.8) is 0 Å². The Morgan fingerprint density at radius 1 is 1.40 bits per heavy atom.